The van der Waals surface area contributed by atoms with Crippen LogP contribution in [0, 0.1) is 5.82 Å². The fourth-order valence-corrected chi connectivity index (χ4v) is 1.53. The zero-order valence-corrected chi connectivity index (χ0v) is 9.15. The van der Waals surface area contributed by atoms with Gasteiger partial charge in [-0.15, -0.1) is 11.6 Å². The summed E-state index contributed by atoms with van der Waals surface area (Å²) in [5.74, 6) is -0.196. The van der Waals surface area contributed by atoms with Gasteiger partial charge in [0.05, 0.1) is 6.10 Å². The van der Waals surface area contributed by atoms with E-state index in [2.05, 4.69) is 15.9 Å². The highest BCUT2D eigenvalue weighted by atomic mass is 79.9. The van der Waals surface area contributed by atoms with Crippen LogP contribution in [0.15, 0.2) is 22.7 Å². The largest absolute Gasteiger partial charge is 0.392 e. The Balaban J connectivity index is 2.81. The molecule has 0 radical (unpaired) electrons. The molecule has 4 heteroatoms. The molecule has 0 aliphatic carbocycles. The molecule has 1 unspecified atom stereocenters. The van der Waals surface area contributed by atoms with Crippen molar-refractivity contribution in [3.8, 4) is 0 Å². The van der Waals surface area contributed by atoms with Crippen LogP contribution in [-0.4, -0.2) is 17.1 Å². The highest BCUT2D eigenvalue weighted by molar-refractivity contribution is 9.10. The maximum absolute atomic E-state index is 13.1. The van der Waals surface area contributed by atoms with E-state index in [9.17, 15) is 9.50 Å². The summed E-state index contributed by atoms with van der Waals surface area (Å²) in [6.45, 7) is 0. The summed E-state index contributed by atoms with van der Waals surface area (Å²) in [7, 11) is 0. The topological polar surface area (TPSA) is 20.2 Å². The van der Waals surface area contributed by atoms with Gasteiger partial charge in [0.2, 0.25) is 0 Å². The Morgan fingerprint density at radius 3 is 2.85 bits per heavy atom. The molecule has 0 saturated heterocycles. The predicted octanol–water partition coefficient (Wildman–Crippen LogP) is 2.73. The summed E-state index contributed by atoms with van der Waals surface area (Å²) >= 11 is 8.64. The lowest BCUT2D eigenvalue weighted by atomic mass is 10.1. The smallest absolute Gasteiger partial charge is 0.126 e. The predicted molar refractivity (Wildman–Crippen MR) is 54.5 cm³/mol. The van der Waals surface area contributed by atoms with Crippen LogP contribution in [0.5, 0.6) is 0 Å². The van der Waals surface area contributed by atoms with Crippen molar-refractivity contribution in [1.82, 2.24) is 0 Å². The highest BCUT2D eigenvalue weighted by Crippen LogP contribution is 2.17. The first-order valence-electron chi connectivity index (χ1n) is 3.81. The molecule has 0 aromatic heterocycles. The number of aliphatic hydroxyl groups excluding tert-OH is 1. The Labute approximate surface area is 89.7 Å². The van der Waals surface area contributed by atoms with Crippen LogP contribution in [0.4, 0.5) is 4.39 Å². The van der Waals surface area contributed by atoms with Gasteiger partial charge in [0, 0.05) is 16.8 Å². The van der Waals surface area contributed by atoms with Crippen LogP contribution in [0.25, 0.3) is 0 Å². The van der Waals surface area contributed by atoms with Crippen molar-refractivity contribution >= 4 is 27.5 Å². The van der Waals surface area contributed by atoms with Gasteiger partial charge in [-0.25, -0.2) is 4.39 Å². The summed E-state index contributed by atoms with van der Waals surface area (Å²) < 4.78 is 13.9. The minimum Gasteiger partial charge on any atom is -0.392 e. The Hall–Kier alpha value is -0.120. The van der Waals surface area contributed by atoms with Gasteiger partial charge in [0.25, 0.3) is 0 Å². The molecule has 1 N–H and O–H groups in total. The highest BCUT2D eigenvalue weighted by Gasteiger charge is 2.08. The Bertz CT molecular complexity index is 293. The van der Waals surface area contributed by atoms with E-state index in [1.165, 1.54) is 6.07 Å². The molecular weight excluding hydrogens is 258 g/mol. The fraction of sp³-hybridized carbons (Fsp3) is 0.333. The van der Waals surface area contributed by atoms with Gasteiger partial charge < -0.3 is 5.11 Å². The molecular formula is C9H9BrClFO. The quantitative estimate of drug-likeness (QED) is 0.835. The van der Waals surface area contributed by atoms with E-state index in [1.807, 2.05) is 0 Å². The van der Waals surface area contributed by atoms with Gasteiger partial charge in [-0.1, -0.05) is 15.9 Å². The van der Waals surface area contributed by atoms with Crippen molar-refractivity contribution in [2.45, 2.75) is 12.5 Å². The van der Waals surface area contributed by atoms with E-state index in [-0.39, 0.29) is 18.1 Å². The van der Waals surface area contributed by atoms with Crippen molar-refractivity contribution in [3.05, 3.63) is 34.1 Å². The lowest BCUT2D eigenvalue weighted by molar-refractivity contribution is 0.197. The number of halogens is 3. The summed E-state index contributed by atoms with van der Waals surface area (Å²) in [6.07, 6.45) is -0.445. The second-order valence-corrected chi connectivity index (χ2v) is 3.97. The van der Waals surface area contributed by atoms with E-state index in [0.717, 1.165) is 4.47 Å². The molecule has 0 saturated carbocycles. The second-order valence-electron chi connectivity index (χ2n) is 2.75. The molecule has 0 aliphatic rings. The Kier molecular flexibility index (Phi) is 4.16. The number of hydrogen-bond donors (Lipinski definition) is 1. The molecule has 0 bridgehead atoms. The van der Waals surface area contributed by atoms with E-state index < -0.39 is 6.10 Å². The number of hydrogen-bond acceptors (Lipinski definition) is 1. The molecule has 0 spiro atoms. The summed E-state index contributed by atoms with van der Waals surface area (Å²) in [5, 5.41) is 9.21. The first kappa shape index (κ1) is 11.0. The lowest BCUT2D eigenvalue weighted by Gasteiger charge is -2.07. The molecule has 1 aromatic carbocycles. The molecule has 0 heterocycles. The van der Waals surface area contributed by atoms with Gasteiger partial charge in [-0.2, -0.15) is 0 Å². The summed E-state index contributed by atoms with van der Waals surface area (Å²) in [6, 6.07) is 4.62. The van der Waals surface area contributed by atoms with Crippen LogP contribution in [0.1, 0.15) is 5.56 Å². The van der Waals surface area contributed by atoms with Crippen LogP contribution in [0.3, 0.4) is 0 Å². The van der Waals surface area contributed by atoms with Gasteiger partial charge in [0.15, 0.2) is 0 Å². The van der Waals surface area contributed by atoms with Gasteiger partial charge in [-0.05, 0) is 23.8 Å². The third kappa shape index (κ3) is 3.25. The van der Waals surface area contributed by atoms with Gasteiger partial charge >= 0.3 is 0 Å². The minimum absolute atomic E-state index is 0.117. The standard InChI is InChI=1S/C9H9BrClFO/c10-7-1-2-9(12)6(3-7)4-8(13)5-11/h1-3,8,13H,4-5H2. The first-order valence-corrected chi connectivity index (χ1v) is 5.14. The lowest BCUT2D eigenvalue weighted by Crippen LogP contribution is -2.12. The molecule has 1 atom stereocenters. The molecule has 0 fully saturated rings. The zero-order valence-electron chi connectivity index (χ0n) is 6.80. The van der Waals surface area contributed by atoms with E-state index >= 15 is 0 Å². The maximum atomic E-state index is 13.1. The first-order chi connectivity index (χ1) is 6.13. The van der Waals surface area contributed by atoms with Crippen LogP contribution >= 0.6 is 27.5 Å². The molecule has 1 nitrogen and oxygen atoms in total. The van der Waals surface area contributed by atoms with E-state index in [4.69, 9.17) is 11.6 Å². The monoisotopic (exact) mass is 266 g/mol. The Morgan fingerprint density at radius 1 is 1.54 bits per heavy atom. The van der Waals surface area contributed by atoms with Crippen molar-refractivity contribution in [3.63, 3.8) is 0 Å². The van der Waals surface area contributed by atoms with Crippen LogP contribution < -0.4 is 0 Å². The molecule has 1 aromatic rings. The van der Waals surface area contributed by atoms with Gasteiger partial charge in [0.1, 0.15) is 5.82 Å². The molecule has 72 valence electrons. The number of rotatable bonds is 3. The maximum Gasteiger partial charge on any atom is 0.126 e. The van der Waals surface area contributed by atoms with Gasteiger partial charge in [-0.3, -0.25) is 0 Å². The van der Waals surface area contributed by atoms with E-state index in [1.54, 1.807) is 12.1 Å². The Morgan fingerprint density at radius 2 is 2.23 bits per heavy atom. The minimum atomic E-state index is -0.689. The summed E-state index contributed by atoms with van der Waals surface area (Å²) in [5.41, 5.74) is 0.475. The number of aliphatic hydroxyl groups is 1. The molecule has 1 rings (SSSR count). The van der Waals surface area contributed by atoms with E-state index in [0.29, 0.717) is 5.56 Å². The average molecular weight is 268 g/mol. The normalized spacial score (nSPS) is 12.9. The molecule has 0 aliphatic heterocycles. The third-order valence-electron chi connectivity index (χ3n) is 1.64. The SMILES string of the molecule is OC(CCl)Cc1cc(Br)ccc1F. The molecule has 0 amide bonds. The van der Waals surface area contributed by atoms with Crippen molar-refractivity contribution < 1.29 is 9.50 Å². The van der Waals surface area contributed by atoms with Crippen molar-refractivity contribution in [1.29, 1.82) is 0 Å². The van der Waals surface area contributed by atoms with Crippen molar-refractivity contribution in [2.24, 2.45) is 0 Å². The van der Waals surface area contributed by atoms with Crippen LogP contribution in [0.2, 0.25) is 0 Å². The second kappa shape index (κ2) is 4.94. The number of benzene rings is 1. The van der Waals surface area contributed by atoms with Crippen LogP contribution in [-0.2, 0) is 6.42 Å². The zero-order chi connectivity index (χ0) is 9.84. The average Bonchev–Trinajstić information content (AvgIpc) is 2.11. The van der Waals surface area contributed by atoms with Crippen molar-refractivity contribution in [2.75, 3.05) is 5.88 Å². The molecule has 13 heavy (non-hydrogen) atoms. The fourth-order valence-electron chi connectivity index (χ4n) is 1.01. The summed E-state index contributed by atoms with van der Waals surface area (Å²) in [4.78, 5) is 0. The number of alkyl halides is 1. The third-order valence-corrected chi connectivity index (χ3v) is 2.49.